The summed E-state index contributed by atoms with van der Waals surface area (Å²) < 4.78 is 12.1. The number of benzene rings is 1. The summed E-state index contributed by atoms with van der Waals surface area (Å²) in [4.78, 5) is 15.2. The van der Waals surface area contributed by atoms with Gasteiger partial charge in [0.25, 0.3) is 0 Å². The minimum atomic E-state index is -0.354. The first-order chi connectivity index (χ1) is 8.70. The highest BCUT2D eigenvalue weighted by Gasteiger charge is 2.05. The number of aryl methyl sites for hydroxylation is 1. The van der Waals surface area contributed by atoms with Crippen molar-refractivity contribution in [2.75, 3.05) is 7.11 Å². The van der Waals surface area contributed by atoms with Gasteiger partial charge in [0, 0.05) is 7.05 Å². The smallest absolute Gasteiger partial charge is 0.337 e. The van der Waals surface area contributed by atoms with Crippen LogP contribution in [-0.4, -0.2) is 22.6 Å². The van der Waals surface area contributed by atoms with Crippen LogP contribution in [0.2, 0.25) is 0 Å². The van der Waals surface area contributed by atoms with Gasteiger partial charge >= 0.3 is 5.97 Å². The lowest BCUT2D eigenvalue weighted by Gasteiger charge is -2.07. The minimum absolute atomic E-state index is 0.354. The third-order valence-electron chi connectivity index (χ3n) is 2.58. The second-order valence-corrected chi connectivity index (χ2v) is 3.80. The third-order valence-corrected chi connectivity index (χ3v) is 2.58. The Hall–Kier alpha value is -2.30. The van der Waals surface area contributed by atoms with E-state index in [1.165, 1.54) is 7.11 Å². The Morgan fingerprint density at radius 3 is 2.61 bits per heavy atom. The van der Waals surface area contributed by atoms with E-state index in [0.717, 1.165) is 5.69 Å². The number of hydrogen-bond acceptors (Lipinski definition) is 4. The summed E-state index contributed by atoms with van der Waals surface area (Å²) in [5, 5.41) is 0. The maximum Gasteiger partial charge on any atom is 0.337 e. The second kappa shape index (κ2) is 5.35. The molecule has 1 heterocycles. The van der Waals surface area contributed by atoms with Crippen LogP contribution in [0.25, 0.3) is 0 Å². The second-order valence-electron chi connectivity index (χ2n) is 3.80. The van der Waals surface area contributed by atoms with E-state index in [-0.39, 0.29) is 5.97 Å². The predicted molar refractivity (Wildman–Crippen MR) is 65.3 cm³/mol. The van der Waals surface area contributed by atoms with Crippen LogP contribution in [0.5, 0.6) is 5.75 Å². The zero-order valence-corrected chi connectivity index (χ0v) is 10.3. The Balaban J connectivity index is 1.98. The highest BCUT2D eigenvalue weighted by atomic mass is 16.5. The van der Waals surface area contributed by atoms with Crippen LogP contribution in [0, 0.1) is 0 Å². The Kier molecular flexibility index (Phi) is 3.62. The van der Waals surface area contributed by atoms with Gasteiger partial charge in [0.1, 0.15) is 12.4 Å². The van der Waals surface area contributed by atoms with Crippen molar-refractivity contribution in [1.29, 1.82) is 0 Å². The van der Waals surface area contributed by atoms with Crippen molar-refractivity contribution in [3.05, 3.63) is 48.0 Å². The molecule has 0 spiro atoms. The van der Waals surface area contributed by atoms with Crippen molar-refractivity contribution in [1.82, 2.24) is 9.55 Å². The van der Waals surface area contributed by atoms with Gasteiger partial charge in [-0.2, -0.15) is 0 Å². The van der Waals surface area contributed by atoms with Gasteiger partial charge in [-0.1, -0.05) is 0 Å². The van der Waals surface area contributed by atoms with E-state index in [1.807, 2.05) is 11.6 Å². The Labute approximate surface area is 105 Å². The van der Waals surface area contributed by atoms with Crippen LogP contribution in [0.15, 0.2) is 36.8 Å². The molecular weight excluding hydrogens is 232 g/mol. The van der Waals surface area contributed by atoms with E-state index in [0.29, 0.717) is 17.9 Å². The lowest BCUT2D eigenvalue weighted by Crippen LogP contribution is -2.02. The van der Waals surface area contributed by atoms with Crippen LogP contribution in [0.3, 0.4) is 0 Å². The number of carbonyl (C=O) groups is 1. The van der Waals surface area contributed by atoms with Gasteiger partial charge in [-0.05, 0) is 24.3 Å². The van der Waals surface area contributed by atoms with Crippen molar-refractivity contribution in [2.45, 2.75) is 6.61 Å². The molecule has 0 N–H and O–H groups in total. The number of hydrogen-bond donors (Lipinski definition) is 0. The molecule has 0 atom stereocenters. The van der Waals surface area contributed by atoms with Gasteiger partial charge in [0.05, 0.1) is 30.9 Å². The number of imidazole rings is 1. The fourth-order valence-electron chi connectivity index (χ4n) is 1.49. The van der Waals surface area contributed by atoms with Gasteiger partial charge in [-0.25, -0.2) is 9.78 Å². The Morgan fingerprint density at radius 2 is 2.06 bits per heavy atom. The lowest BCUT2D eigenvalue weighted by molar-refractivity contribution is 0.0600. The van der Waals surface area contributed by atoms with E-state index in [4.69, 9.17) is 4.74 Å². The van der Waals surface area contributed by atoms with Crippen molar-refractivity contribution in [3.63, 3.8) is 0 Å². The Morgan fingerprint density at radius 1 is 1.33 bits per heavy atom. The predicted octanol–water partition coefficient (Wildman–Crippen LogP) is 1.79. The summed E-state index contributed by atoms with van der Waals surface area (Å²) in [6, 6.07) is 6.82. The standard InChI is InChI=1S/C13H14N2O3/c1-15-9-14-7-11(15)8-18-12-5-3-10(4-6-12)13(16)17-2/h3-7,9H,8H2,1-2H3. The van der Waals surface area contributed by atoms with Crippen LogP contribution < -0.4 is 4.74 Å². The monoisotopic (exact) mass is 246 g/mol. The molecule has 1 aromatic carbocycles. The summed E-state index contributed by atoms with van der Waals surface area (Å²) in [7, 11) is 3.27. The molecule has 0 saturated heterocycles. The first-order valence-electron chi connectivity index (χ1n) is 5.47. The number of aromatic nitrogens is 2. The highest BCUT2D eigenvalue weighted by molar-refractivity contribution is 5.89. The van der Waals surface area contributed by atoms with Crippen LogP contribution >= 0.6 is 0 Å². The molecule has 0 aliphatic heterocycles. The minimum Gasteiger partial charge on any atom is -0.487 e. The van der Waals surface area contributed by atoms with Gasteiger partial charge in [-0.3, -0.25) is 0 Å². The zero-order valence-electron chi connectivity index (χ0n) is 10.3. The lowest BCUT2D eigenvalue weighted by atomic mass is 10.2. The molecular formula is C13H14N2O3. The number of nitrogens with zero attached hydrogens (tertiary/aromatic N) is 2. The average Bonchev–Trinajstić information content (AvgIpc) is 2.81. The summed E-state index contributed by atoms with van der Waals surface area (Å²) in [5.74, 6) is 0.344. The number of esters is 1. The molecule has 0 saturated carbocycles. The highest BCUT2D eigenvalue weighted by Crippen LogP contribution is 2.14. The van der Waals surface area contributed by atoms with E-state index >= 15 is 0 Å². The van der Waals surface area contributed by atoms with Gasteiger partial charge in [0.15, 0.2) is 0 Å². The van der Waals surface area contributed by atoms with Crippen molar-refractivity contribution >= 4 is 5.97 Å². The van der Waals surface area contributed by atoms with E-state index in [9.17, 15) is 4.79 Å². The van der Waals surface area contributed by atoms with E-state index in [1.54, 1.807) is 36.8 Å². The quantitative estimate of drug-likeness (QED) is 0.772. The molecule has 1 aromatic heterocycles. The Bertz CT molecular complexity index is 531. The molecule has 0 unspecified atom stereocenters. The van der Waals surface area contributed by atoms with Crippen molar-refractivity contribution < 1.29 is 14.3 Å². The molecule has 5 heteroatoms. The fourth-order valence-corrected chi connectivity index (χ4v) is 1.49. The summed E-state index contributed by atoms with van der Waals surface area (Å²) >= 11 is 0. The van der Waals surface area contributed by atoms with Crippen molar-refractivity contribution in [3.8, 4) is 5.75 Å². The van der Waals surface area contributed by atoms with E-state index < -0.39 is 0 Å². The first-order valence-corrected chi connectivity index (χ1v) is 5.47. The molecule has 0 aliphatic rings. The summed E-state index contributed by atoms with van der Waals surface area (Å²) in [5.41, 5.74) is 1.48. The van der Waals surface area contributed by atoms with Crippen LogP contribution in [-0.2, 0) is 18.4 Å². The molecule has 2 aromatic rings. The van der Waals surface area contributed by atoms with Gasteiger partial charge < -0.3 is 14.0 Å². The number of rotatable bonds is 4. The molecule has 18 heavy (non-hydrogen) atoms. The number of methoxy groups -OCH3 is 1. The SMILES string of the molecule is COC(=O)c1ccc(OCc2cncn2C)cc1. The molecule has 5 nitrogen and oxygen atoms in total. The molecule has 94 valence electrons. The normalized spacial score (nSPS) is 10.1. The third kappa shape index (κ3) is 2.68. The molecule has 0 aliphatic carbocycles. The zero-order chi connectivity index (χ0) is 13.0. The van der Waals surface area contributed by atoms with Crippen molar-refractivity contribution in [2.24, 2.45) is 7.05 Å². The van der Waals surface area contributed by atoms with Crippen LogP contribution in [0.1, 0.15) is 16.1 Å². The van der Waals surface area contributed by atoms with Gasteiger partial charge in [0.2, 0.25) is 0 Å². The average molecular weight is 246 g/mol. The van der Waals surface area contributed by atoms with Crippen LogP contribution in [0.4, 0.5) is 0 Å². The maximum absolute atomic E-state index is 11.2. The molecule has 0 radical (unpaired) electrons. The maximum atomic E-state index is 11.2. The summed E-state index contributed by atoms with van der Waals surface area (Å²) in [6.45, 7) is 0.439. The largest absolute Gasteiger partial charge is 0.487 e. The number of ether oxygens (including phenoxy) is 2. The van der Waals surface area contributed by atoms with E-state index in [2.05, 4.69) is 9.72 Å². The topological polar surface area (TPSA) is 53.4 Å². The van der Waals surface area contributed by atoms with Gasteiger partial charge in [-0.15, -0.1) is 0 Å². The fraction of sp³-hybridized carbons (Fsp3) is 0.231. The summed E-state index contributed by atoms with van der Waals surface area (Å²) in [6.07, 6.45) is 3.47. The first kappa shape index (κ1) is 12.2. The molecule has 0 amide bonds. The molecule has 0 bridgehead atoms. The number of carbonyl (C=O) groups excluding carboxylic acids is 1. The molecule has 2 rings (SSSR count). The molecule has 0 fully saturated rings.